The van der Waals surface area contributed by atoms with E-state index in [4.69, 9.17) is 23.7 Å². The van der Waals surface area contributed by atoms with Gasteiger partial charge < -0.3 is 38.4 Å². The number of carbonyl (C=O) groups excluding carboxylic acids is 3. The largest absolute Gasteiger partial charge is 0.467 e. The predicted molar refractivity (Wildman–Crippen MR) is 249 cm³/mol. The van der Waals surface area contributed by atoms with E-state index in [2.05, 4.69) is 4.74 Å². The zero-order chi connectivity index (χ0) is 45.8. The summed E-state index contributed by atoms with van der Waals surface area (Å²) in [7, 11) is 2.79. The number of hydrogen-bond donors (Lipinski definition) is 1. The first-order chi connectivity index (χ1) is 31.2. The van der Waals surface area contributed by atoms with Crippen LogP contribution in [0.4, 0.5) is 0 Å². The molecule has 1 amide bonds. The number of esters is 1. The Hall–Kier alpha value is -4.23. The molecule has 11 heteroatoms. The molecule has 3 aromatic carbocycles. The SMILES string of the molecule is COC(=O)[C@H](C)N(C)C(=O)CC(=O)/C(C)=C/CCCCCCCCCCCCCCCO[C@@H]1O[C@H](COCc2ccccc2)[C@@H](OCc2ccccc2)[C@H](OCc2ccccc2)[C@@H]1O. The Kier molecular flexibility index (Phi) is 25.2. The van der Waals surface area contributed by atoms with Gasteiger partial charge in [-0.15, -0.1) is 0 Å². The van der Waals surface area contributed by atoms with Gasteiger partial charge in [-0.1, -0.05) is 168 Å². The number of aliphatic hydroxyl groups is 1. The number of carbonyl (C=O) groups is 3. The van der Waals surface area contributed by atoms with Crippen LogP contribution in [0.25, 0.3) is 0 Å². The molecule has 1 saturated heterocycles. The molecule has 0 saturated carbocycles. The first-order valence-corrected chi connectivity index (χ1v) is 23.6. The van der Waals surface area contributed by atoms with Crippen LogP contribution < -0.4 is 0 Å². The van der Waals surface area contributed by atoms with Crippen molar-refractivity contribution in [1.29, 1.82) is 0 Å². The Morgan fingerprint density at radius 3 is 1.66 bits per heavy atom. The fourth-order valence-electron chi connectivity index (χ4n) is 7.73. The molecule has 352 valence electrons. The maximum absolute atomic E-state index is 12.5. The molecule has 0 aromatic heterocycles. The van der Waals surface area contributed by atoms with Gasteiger partial charge in [-0.2, -0.15) is 0 Å². The van der Waals surface area contributed by atoms with Crippen molar-refractivity contribution < 1.29 is 47.9 Å². The molecule has 1 heterocycles. The number of amides is 1. The van der Waals surface area contributed by atoms with Gasteiger partial charge in [0.05, 0.1) is 40.0 Å². The summed E-state index contributed by atoms with van der Waals surface area (Å²) in [5, 5.41) is 11.7. The summed E-state index contributed by atoms with van der Waals surface area (Å²) < 4.78 is 36.5. The molecular weight excluding hydrogens is 811 g/mol. The molecule has 64 heavy (non-hydrogen) atoms. The monoisotopic (exact) mass is 886 g/mol. The van der Waals surface area contributed by atoms with Crippen LogP contribution in [0.15, 0.2) is 103 Å². The van der Waals surface area contributed by atoms with Crippen molar-refractivity contribution in [3.05, 3.63) is 119 Å². The Morgan fingerprint density at radius 2 is 1.14 bits per heavy atom. The van der Waals surface area contributed by atoms with E-state index in [1.54, 1.807) is 13.8 Å². The number of allylic oxidation sites excluding steroid dienone is 2. The second-order valence-electron chi connectivity index (χ2n) is 17.0. The molecule has 11 nitrogen and oxygen atoms in total. The van der Waals surface area contributed by atoms with Crippen LogP contribution in [0.5, 0.6) is 0 Å². The molecule has 4 rings (SSSR count). The third kappa shape index (κ3) is 19.5. The Labute approximate surface area is 382 Å². The molecular formula is C53H75NO10. The number of Topliss-reactive ketones (excluding diaryl/α,β-unsaturated/α-hetero) is 1. The van der Waals surface area contributed by atoms with Crippen LogP contribution in [0.3, 0.4) is 0 Å². The number of ketones is 1. The van der Waals surface area contributed by atoms with Gasteiger partial charge in [0, 0.05) is 13.7 Å². The fourth-order valence-corrected chi connectivity index (χ4v) is 7.73. The highest BCUT2D eigenvalue weighted by molar-refractivity contribution is 6.07. The summed E-state index contributed by atoms with van der Waals surface area (Å²) in [6, 6.07) is 29.2. The Balaban J connectivity index is 1.10. The van der Waals surface area contributed by atoms with Crippen LogP contribution in [-0.4, -0.2) is 91.8 Å². The lowest BCUT2D eigenvalue weighted by Crippen LogP contribution is -2.61. The minimum absolute atomic E-state index is 0.206. The second-order valence-corrected chi connectivity index (χ2v) is 17.0. The Bertz CT molecular complexity index is 1760. The number of rotatable bonds is 32. The van der Waals surface area contributed by atoms with Crippen molar-refractivity contribution in [2.75, 3.05) is 27.4 Å². The molecule has 6 atom stereocenters. The molecule has 1 aliphatic heterocycles. The van der Waals surface area contributed by atoms with Crippen molar-refractivity contribution in [3.63, 3.8) is 0 Å². The van der Waals surface area contributed by atoms with Crippen LogP contribution in [0.1, 0.15) is 127 Å². The van der Waals surface area contributed by atoms with E-state index in [0.29, 0.717) is 32.0 Å². The van der Waals surface area contributed by atoms with Gasteiger partial charge in [0.15, 0.2) is 12.1 Å². The van der Waals surface area contributed by atoms with Gasteiger partial charge in [0.1, 0.15) is 30.5 Å². The van der Waals surface area contributed by atoms with E-state index in [0.717, 1.165) is 55.2 Å². The standard InChI is InChI=1S/C53H75NO10/c1-41(46(55)36-48(56)54(3)42(2)52(58)59-4)28-20-15-13-11-9-7-5-6-8-10-12-14-16-27-35-61-53-49(57)51(63-39-45-33-25-19-26-34-45)50(62-38-44-31-23-18-24-32-44)47(64-53)40-60-37-43-29-21-17-22-30-43/h17-19,21-26,28-34,42,47,49-51,53,57H,5-16,20,27,35-40H2,1-4H3/b41-28+/t42-,47+,49-,50+,51+,53+/m0/s1. The van der Waals surface area contributed by atoms with Crippen LogP contribution >= 0.6 is 0 Å². The average Bonchev–Trinajstić information content (AvgIpc) is 3.32. The molecule has 0 spiro atoms. The zero-order valence-corrected chi connectivity index (χ0v) is 38.9. The molecule has 0 radical (unpaired) electrons. The number of methoxy groups -OCH3 is 1. The number of unbranched alkanes of at least 4 members (excludes halogenated alkanes) is 13. The van der Waals surface area contributed by atoms with Gasteiger partial charge >= 0.3 is 5.97 Å². The van der Waals surface area contributed by atoms with E-state index in [1.807, 2.05) is 97.1 Å². The molecule has 1 fully saturated rings. The van der Waals surface area contributed by atoms with E-state index < -0.39 is 42.7 Å². The van der Waals surface area contributed by atoms with E-state index >= 15 is 0 Å². The first kappa shape index (κ1) is 52.4. The zero-order valence-electron chi connectivity index (χ0n) is 38.9. The minimum atomic E-state index is -1.05. The summed E-state index contributed by atoms with van der Waals surface area (Å²) in [4.78, 5) is 37.8. The summed E-state index contributed by atoms with van der Waals surface area (Å²) >= 11 is 0. The summed E-state index contributed by atoms with van der Waals surface area (Å²) in [5.74, 6) is -1.10. The average molecular weight is 886 g/mol. The normalized spacial score (nSPS) is 19.3. The molecule has 3 aromatic rings. The summed E-state index contributed by atoms with van der Waals surface area (Å²) in [5.41, 5.74) is 3.69. The lowest BCUT2D eigenvalue weighted by Gasteiger charge is -2.44. The Morgan fingerprint density at radius 1 is 0.672 bits per heavy atom. The maximum Gasteiger partial charge on any atom is 0.328 e. The second kappa shape index (κ2) is 30.8. The topological polar surface area (TPSA) is 130 Å². The van der Waals surface area contributed by atoms with Gasteiger partial charge in [-0.25, -0.2) is 4.79 Å². The molecule has 0 unspecified atom stereocenters. The van der Waals surface area contributed by atoms with Crippen molar-refractivity contribution >= 4 is 17.7 Å². The lowest BCUT2D eigenvalue weighted by atomic mass is 9.98. The number of ether oxygens (including phenoxy) is 6. The highest BCUT2D eigenvalue weighted by atomic mass is 16.7. The molecule has 1 N–H and O–H groups in total. The number of nitrogens with zero attached hydrogens (tertiary/aromatic N) is 1. The van der Waals surface area contributed by atoms with Gasteiger partial charge in [0.2, 0.25) is 5.91 Å². The van der Waals surface area contributed by atoms with E-state index in [1.165, 1.54) is 70.4 Å². The maximum atomic E-state index is 12.5. The number of hydrogen-bond acceptors (Lipinski definition) is 10. The fraction of sp³-hybridized carbons (Fsp3) is 0.566. The van der Waals surface area contributed by atoms with Crippen LogP contribution in [-0.2, 0) is 62.6 Å². The highest BCUT2D eigenvalue weighted by Crippen LogP contribution is 2.29. The van der Waals surface area contributed by atoms with E-state index in [9.17, 15) is 19.5 Å². The third-order valence-corrected chi connectivity index (χ3v) is 11.9. The van der Waals surface area contributed by atoms with Gasteiger partial charge in [0.25, 0.3) is 0 Å². The van der Waals surface area contributed by atoms with Crippen molar-refractivity contribution in [2.45, 2.75) is 167 Å². The molecule has 0 bridgehead atoms. The van der Waals surface area contributed by atoms with Crippen LogP contribution in [0, 0.1) is 0 Å². The third-order valence-electron chi connectivity index (χ3n) is 11.9. The highest BCUT2D eigenvalue weighted by Gasteiger charge is 2.47. The van der Waals surface area contributed by atoms with Crippen molar-refractivity contribution in [3.8, 4) is 0 Å². The minimum Gasteiger partial charge on any atom is -0.467 e. The smallest absolute Gasteiger partial charge is 0.328 e. The van der Waals surface area contributed by atoms with Crippen molar-refractivity contribution in [1.82, 2.24) is 4.90 Å². The van der Waals surface area contributed by atoms with Crippen LogP contribution in [0.2, 0.25) is 0 Å². The van der Waals surface area contributed by atoms with E-state index in [-0.39, 0.29) is 24.7 Å². The first-order valence-electron chi connectivity index (χ1n) is 23.6. The van der Waals surface area contributed by atoms with Crippen molar-refractivity contribution in [2.24, 2.45) is 0 Å². The summed E-state index contributed by atoms with van der Waals surface area (Å²) in [6.45, 7) is 5.15. The summed E-state index contributed by atoms with van der Waals surface area (Å²) in [6.07, 6.45) is 13.9. The number of benzene rings is 3. The molecule has 1 aliphatic rings. The molecule has 0 aliphatic carbocycles. The predicted octanol–water partition coefficient (Wildman–Crippen LogP) is 9.86. The number of aliphatic hydroxyl groups excluding tert-OH is 1. The quantitative estimate of drug-likeness (QED) is 0.0280. The lowest BCUT2D eigenvalue weighted by molar-refractivity contribution is -0.319. The van der Waals surface area contributed by atoms with Gasteiger partial charge in [-0.05, 0) is 55.4 Å². The number of likely N-dealkylation sites (N-methyl/N-ethyl adjacent to an activating group) is 1. The van der Waals surface area contributed by atoms with Gasteiger partial charge in [-0.3, -0.25) is 9.59 Å².